The molecule has 0 rings (SSSR count). The first-order valence-electron chi connectivity index (χ1n) is 4.93. The molecule has 0 radical (unpaired) electrons. The van der Waals surface area contributed by atoms with E-state index in [0.29, 0.717) is 5.75 Å². The summed E-state index contributed by atoms with van der Waals surface area (Å²) in [7, 11) is 0.934. The van der Waals surface area contributed by atoms with Crippen LogP contribution in [0.25, 0.3) is 0 Å². The molecule has 0 bridgehead atoms. The van der Waals surface area contributed by atoms with Gasteiger partial charge in [-0.15, -0.1) is 0 Å². The van der Waals surface area contributed by atoms with E-state index in [1.807, 2.05) is 0 Å². The molecule has 0 fully saturated rings. The first kappa shape index (κ1) is 14.5. The maximum Gasteiger partial charge on any atom is 0.452 e. The molecule has 0 unspecified atom stereocenters. The van der Waals surface area contributed by atoms with E-state index in [1.165, 1.54) is 19.3 Å². The van der Waals surface area contributed by atoms with Crippen LogP contribution in [0.1, 0.15) is 45.4 Å². The van der Waals surface area contributed by atoms with Gasteiger partial charge in [0.2, 0.25) is 0 Å². The quantitative estimate of drug-likeness (QED) is 0.424. The SMILES string of the molecule is CCCCCCCCSSC(F)(F)F. The Morgan fingerprint density at radius 1 is 0.929 bits per heavy atom. The van der Waals surface area contributed by atoms with Crippen LogP contribution < -0.4 is 0 Å². The van der Waals surface area contributed by atoms with E-state index in [1.54, 1.807) is 0 Å². The summed E-state index contributed by atoms with van der Waals surface area (Å²) in [4.78, 5) is 0. The first-order chi connectivity index (χ1) is 6.56. The van der Waals surface area contributed by atoms with E-state index in [0.717, 1.165) is 30.1 Å². The molecule has 0 atom stereocenters. The number of halogens is 3. The van der Waals surface area contributed by atoms with Crippen LogP contribution >= 0.6 is 21.6 Å². The molecule has 0 aliphatic heterocycles. The van der Waals surface area contributed by atoms with Crippen molar-refractivity contribution < 1.29 is 13.2 Å². The fraction of sp³-hybridized carbons (Fsp3) is 1.00. The molecule has 0 saturated carbocycles. The molecule has 0 aromatic rings. The molecule has 0 N–H and O–H groups in total. The fourth-order valence-corrected chi connectivity index (χ4v) is 2.59. The Bertz CT molecular complexity index is 126. The van der Waals surface area contributed by atoms with Gasteiger partial charge in [0.25, 0.3) is 0 Å². The number of hydrogen-bond donors (Lipinski definition) is 0. The molecule has 0 heterocycles. The Balaban J connectivity index is 2.99. The number of unbranched alkanes of at least 4 members (excludes halogenated alkanes) is 5. The zero-order valence-corrected chi connectivity index (χ0v) is 10.0. The smallest absolute Gasteiger partial charge is 0.160 e. The van der Waals surface area contributed by atoms with Crippen LogP contribution in [0.15, 0.2) is 0 Å². The second kappa shape index (κ2) is 8.77. The first-order valence-corrected chi connectivity index (χ1v) is 7.25. The molecular formula is C9H17F3S2. The van der Waals surface area contributed by atoms with Crippen LogP contribution in [0.5, 0.6) is 0 Å². The van der Waals surface area contributed by atoms with Gasteiger partial charge in [0.15, 0.2) is 0 Å². The van der Waals surface area contributed by atoms with Gasteiger partial charge in [0.05, 0.1) is 0 Å². The predicted octanol–water partition coefficient (Wildman–Crippen LogP) is 5.25. The van der Waals surface area contributed by atoms with Crippen molar-refractivity contribution in [2.45, 2.75) is 51.0 Å². The summed E-state index contributed by atoms with van der Waals surface area (Å²) in [6.45, 7) is 2.15. The zero-order chi connectivity index (χ0) is 10.9. The Hall–Kier alpha value is 0.490. The third-order valence-electron chi connectivity index (χ3n) is 1.73. The molecule has 0 aliphatic carbocycles. The van der Waals surface area contributed by atoms with Crippen LogP contribution in [0.4, 0.5) is 13.2 Å². The average Bonchev–Trinajstić information content (AvgIpc) is 2.08. The van der Waals surface area contributed by atoms with Crippen LogP contribution in [0.3, 0.4) is 0 Å². The molecule has 0 spiro atoms. The lowest BCUT2D eigenvalue weighted by Gasteiger charge is -2.04. The highest BCUT2D eigenvalue weighted by Crippen LogP contribution is 2.39. The molecule has 0 amide bonds. The fourth-order valence-electron chi connectivity index (χ4n) is 1.05. The summed E-state index contributed by atoms with van der Waals surface area (Å²) < 4.78 is 35.0. The topological polar surface area (TPSA) is 0 Å². The van der Waals surface area contributed by atoms with Crippen LogP contribution in [0.2, 0.25) is 0 Å². The highest BCUT2D eigenvalue weighted by atomic mass is 33.1. The summed E-state index contributed by atoms with van der Waals surface area (Å²) in [6, 6.07) is 0. The number of hydrogen-bond acceptors (Lipinski definition) is 2. The van der Waals surface area contributed by atoms with Crippen molar-refractivity contribution in [3.05, 3.63) is 0 Å². The molecule has 86 valence electrons. The van der Waals surface area contributed by atoms with Crippen LogP contribution in [0, 0.1) is 0 Å². The minimum atomic E-state index is -4.08. The van der Waals surface area contributed by atoms with Gasteiger partial charge in [-0.3, -0.25) is 0 Å². The second-order valence-electron chi connectivity index (χ2n) is 3.12. The Morgan fingerprint density at radius 3 is 2.07 bits per heavy atom. The average molecular weight is 246 g/mol. The van der Waals surface area contributed by atoms with Crippen molar-refractivity contribution in [2.75, 3.05) is 5.75 Å². The summed E-state index contributed by atoms with van der Waals surface area (Å²) >= 11 is 0. The van der Waals surface area contributed by atoms with Gasteiger partial charge < -0.3 is 0 Å². The molecule has 0 nitrogen and oxygen atoms in total. The lowest BCUT2D eigenvalue weighted by molar-refractivity contribution is -0.0311. The van der Waals surface area contributed by atoms with E-state index in [2.05, 4.69) is 6.92 Å². The second-order valence-corrected chi connectivity index (χ2v) is 5.60. The Morgan fingerprint density at radius 2 is 1.50 bits per heavy atom. The predicted molar refractivity (Wildman–Crippen MR) is 59.5 cm³/mol. The van der Waals surface area contributed by atoms with Gasteiger partial charge in [-0.1, -0.05) is 49.8 Å². The van der Waals surface area contributed by atoms with Gasteiger partial charge in [-0.25, -0.2) is 0 Å². The van der Waals surface area contributed by atoms with Gasteiger partial charge in [0, 0.05) is 16.5 Å². The molecular weight excluding hydrogens is 229 g/mol. The lowest BCUT2D eigenvalue weighted by Crippen LogP contribution is -1.96. The maximum atomic E-state index is 11.7. The third-order valence-corrected chi connectivity index (χ3v) is 3.92. The van der Waals surface area contributed by atoms with Gasteiger partial charge in [-0.05, 0) is 6.42 Å². The van der Waals surface area contributed by atoms with E-state index in [9.17, 15) is 13.2 Å². The highest BCUT2D eigenvalue weighted by Gasteiger charge is 2.28. The number of alkyl halides is 3. The summed E-state index contributed by atoms with van der Waals surface area (Å²) in [5.74, 6) is 0.607. The standard InChI is InChI=1S/C9H17F3S2/c1-2-3-4-5-6-7-8-13-14-9(10,11)12/h2-8H2,1H3. The molecule has 0 aromatic heterocycles. The van der Waals surface area contributed by atoms with Crippen molar-refractivity contribution in [3.63, 3.8) is 0 Å². The third kappa shape index (κ3) is 12.5. The van der Waals surface area contributed by atoms with E-state index >= 15 is 0 Å². The van der Waals surface area contributed by atoms with E-state index in [-0.39, 0.29) is 10.8 Å². The monoisotopic (exact) mass is 246 g/mol. The highest BCUT2D eigenvalue weighted by molar-refractivity contribution is 8.77. The van der Waals surface area contributed by atoms with Gasteiger partial charge in [-0.2, -0.15) is 13.2 Å². The summed E-state index contributed by atoms with van der Waals surface area (Å²) in [6.07, 6.45) is 6.78. The number of rotatable bonds is 8. The molecule has 0 saturated heterocycles. The molecule has 0 aliphatic rings. The molecule has 14 heavy (non-hydrogen) atoms. The maximum absolute atomic E-state index is 11.7. The Kier molecular flexibility index (Phi) is 9.08. The van der Waals surface area contributed by atoms with E-state index in [4.69, 9.17) is 0 Å². The van der Waals surface area contributed by atoms with Crippen LogP contribution in [-0.2, 0) is 0 Å². The minimum absolute atomic E-state index is 0.0185. The van der Waals surface area contributed by atoms with Crippen molar-refractivity contribution in [1.29, 1.82) is 0 Å². The Labute approximate surface area is 91.8 Å². The van der Waals surface area contributed by atoms with Gasteiger partial charge >= 0.3 is 5.51 Å². The van der Waals surface area contributed by atoms with Crippen molar-refractivity contribution in [1.82, 2.24) is 0 Å². The van der Waals surface area contributed by atoms with Crippen molar-refractivity contribution in [2.24, 2.45) is 0 Å². The summed E-state index contributed by atoms with van der Waals surface area (Å²) in [5.41, 5.74) is -4.08. The molecule has 0 aromatic carbocycles. The molecule has 5 heteroatoms. The van der Waals surface area contributed by atoms with E-state index < -0.39 is 5.51 Å². The minimum Gasteiger partial charge on any atom is -0.160 e. The lowest BCUT2D eigenvalue weighted by atomic mass is 10.1. The normalized spacial score (nSPS) is 12.0. The largest absolute Gasteiger partial charge is 0.452 e. The van der Waals surface area contributed by atoms with Gasteiger partial charge in [0.1, 0.15) is 0 Å². The zero-order valence-electron chi connectivity index (χ0n) is 8.40. The van der Waals surface area contributed by atoms with Crippen molar-refractivity contribution >= 4 is 21.6 Å². The van der Waals surface area contributed by atoms with Crippen LogP contribution in [-0.4, -0.2) is 11.3 Å². The van der Waals surface area contributed by atoms with Crippen molar-refractivity contribution in [3.8, 4) is 0 Å². The summed E-state index contributed by atoms with van der Waals surface area (Å²) in [5, 5.41) is 0.